The lowest BCUT2D eigenvalue weighted by atomic mass is 10.0. The number of ketones is 1. The molecule has 2 N–H and O–H groups in total. The van der Waals surface area contributed by atoms with Crippen LogP contribution in [0.4, 0.5) is 0 Å². The van der Waals surface area contributed by atoms with Crippen LogP contribution in [0.1, 0.15) is 38.7 Å². The molecule has 0 bridgehead atoms. The van der Waals surface area contributed by atoms with Crippen molar-refractivity contribution < 1.29 is 9.59 Å². The van der Waals surface area contributed by atoms with Gasteiger partial charge in [0.1, 0.15) is 5.78 Å². The van der Waals surface area contributed by atoms with Gasteiger partial charge in [-0.25, -0.2) is 0 Å². The highest BCUT2D eigenvalue weighted by molar-refractivity contribution is 5.81. The van der Waals surface area contributed by atoms with Gasteiger partial charge in [0.25, 0.3) is 0 Å². The third-order valence-electron chi connectivity index (χ3n) is 2.22. The average Bonchev–Trinajstić information content (AvgIpc) is 2.29. The first-order valence-corrected chi connectivity index (χ1v) is 5.32. The van der Waals surface area contributed by atoms with E-state index < -0.39 is 0 Å². The van der Waals surface area contributed by atoms with E-state index in [0.29, 0.717) is 6.42 Å². The molecule has 1 rings (SSSR count). The molecule has 1 atom stereocenters. The van der Waals surface area contributed by atoms with Gasteiger partial charge in [0.05, 0.1) is 5.92 Å². The molecule has 1 aromatic carbocycles. The summed E-state index contributed by atoms with van der Waals surface area (Å²) in [6.07, 6.45) is 0.667. The van der Waals surface area contributed by atoms with Gasteiger partial charge in [-0.3, -0.25) is 4.79 Å². The third kappa shape index (κ3) is 5.96. The molecule has 0 fully saturated rings. The van der Waals surface area contributed by atoms with Gasteiger partial charge in [-0.15, -0.1) is 0 Å². The van der Waals surface area contributed by atoms with Crippen molar-refractivity contribution in [3.63, 3.8) is 0 Å². The Kier molecular flexibility index (Phi) is 6.84. The Balaban J connectivity index is 0.000000385. The average molecular weight is 221 g/mol. The molecular formula is C13H19NO2. The molecule has 0 unspecified atom stereocenters. The molecule has 88 valence electrons. The summed E-state index contributed by atoms with van der Waals surface area (Å²) in [7, 11) is 0. The van der Waals surface area contributed by atoms with Gasteiger partial charge in [-0.05, 0) is 19.4 Å². The Labute approximate surface area is 96.7 Å². The Morgan fingerprint density at radius 3 is 2.00 bits per heavy atom. The lowest BCUT2D eigenvalue weighted by molar-refractivity contribution is -0.119. The second-order valence-electron chi connectivity index (χ2n) is 3.59. The van der Waals surface area contributed by atoms with Crippen LogP contribution in [0.3, 0.4) is 0 Å². The van der Waals surface area contributed by atoms with Gasteiger partial charge >= 0.3 is 0 Å². The zero-order valence-corrected chi connectivity index (χ0v) is 10.1. The van der Waals surface area contributed by atoms with Crippen LogP contribution in [-0.2, 0) is 9.59 Å². The molecular weight excluding hydrogens is 202 g/mol. The molecule has 3 heteroatoms. The first-order valence-electron chi connectivity index (χ1n) is 5.32. The summed E-state index contributed by atoms with van der Waals surface area (Å²) in [6.45, 7) is 5.24. The van der Waals surface area contributed by atoms with Gasteiger partial charge in [0.15, 0.2) is 0 Å². The number of nitrogens with two attached hydrogens (primary N) is 1. The van der Waals surface area contributed by atoms with Crippen molar-refractivity contribution in [1.82, 2.24) is 0 Å². The van der Waals surface area contributed by atoms with Crippen molar-refractivity contribution in [3.05, 3.63) is 35.9 Å². The maximum atomic E-state index is 10.7. The van der Waals surface area contributed by atoms with E-state index in [-0.39, 0.29) is 17.6 Å². The first kappa shape index (κ1) is 14.4. The molecule has 0 saturated heterocycles. The maximum Gasteiger partial charge on any atom is 0.224 e. The van der Waals surface area contributed by atoms with Crippen LogP contribution >= 0.6 is 0 Å². The lowest BCUT2D eigenvalue weighted by Crippen LogP contribution is -2.18. The van der Waals surface area contributed by atoms with Crippen molar-refractivity contribution in [1.29, 1.82) is 0 Å². The fraction of sp³-hybridized carbons (Fsp3) is 0.385. The second-order valence-corrected chi connectivity index (χ2v) is 3.59. The normalized spacial score (nSPS) is 10.9. The molecule has 1 aromatic rings. The minimum absolute atomic E-state index is 0.184. The molecule has 0 saturated carbocycles. The predicted molar refractivity (Wildman–Crippen MR) is 65.0 cm³/mol. The van der Waals surface area contributed by atoms with Crippen molar-refractivity contribution in [3.8, 4) is 0 Å². The highest BCUT2D eigenvalue weighted by atomic mass is 16.1. The standard InChI is InChI=1S/C9H11NO.C4H8O/c1-7(9(10)11)8-5-3-2-4-6-8;1-3-4(2)5/h2-7H,1H3,(H2,10,11);3H2,1-2H3/t7-;/m0./s1. The zero-order valence-electron chi connectivity index (χ0n) is 10.1. The molecule has 16 heavy (non-hydrogen) atoms. The van der Waals surface area contributed by atoms with Gasteiger partial charge in [0.2, 0.25) is 5.91 Å². The van der Waals surface area contributed by atoms with E-state index >= 15 is 0 Å². The zero-order chi connectivity index (χ0) is 12.6. The summed E-state index contributed by atoms with van der Waals surface area (Å²) in [5, 5.41) is 0. The number of benzene rings is 1. The summed E-state index contributed by atoms with van der Waals surface area (Å²) in [5.74, 6) is -0.211. The van der Waals surface area contributed by atoms with E-state index in [4.69, 9.17) is 5.73 Å². The van der Waals surface area contributed by atoms with E-state index in [9.17, 15) is 9.59 Å². The molecule has 0 aliphatic rings. The molecule has 0 heterocycles. The Hall–Kier alpha value is -1.64. The predicted octanol–water partition coefficient (Wildman–Crippen LogP) is 2.26. The number of primary amides is 1. The summed E-state index contributed by atoms with van der Waals surface area (Å²) >= 11 is 0. The Morgan fingerprint density at radius 2 is 1.69 bits per heavy atom. The van der Waals surface area contributed by atoms with Crippen LogP contribution in [0.2, 0.25) is 0 Å². The largest absolute Gasteiger partial charge is 0.369 e. The summed E-state index contributed by atoms with van der Waals surface area (Å²) < 4.78 is 0. The summed E-state index contributed by atoms with van der Waals surface area (Å²) in [6, 6.07) is 9.51. The van der Waals surface area contributed by atoms with Crippen LogP contribution < -0.4 is 5.73 Å². The molecule has 0 radical (unpaired) electrons. The fourth-order valence-electron chi connectivity index (χ4n) is 0.906. The van der Waals surface area contributed by atoms with E-state index in [0.717, 1.165) is 5.56 Å². The SMILES string of the molecule is CCC(C)=O.C[C@H](C(N)=O)c1ccccc1. The number of Topliss-reactive ketones (excluding diaryl/α,β-unsaturated/α-hetero) is 1. The maximum absolute atomic E-state index is 10.7. The van der Waals surface area contributed by atoms with Crippen LogP contribution in [0.25, 0.3) is 0 Å². The van der Waals surface area contributed by atoms with Crippen LogP contribution in [0, 0.1) is 0 Å². The Bertz CT molecular complexity index is 333. The van der Waals surface area contributed by atoms with Gasteiger partial charge in [0, 0.05) is 6.42 Å². The summed E-state index contributed by atoms with van der Waals surface area (Å²) in [5.41, 5.74) is 6.10. The van der Waals surface area contributed by atoms with Gasteiger partial charge < -0.3 is 10.5 Å². The minimum Gasteiger partial charge on any atom is -0.369 e. The lowest BCUT2D eigenvalue weighted by Gasteiger charge is -2.05. The van der Waals surface area contributed by atoms with Crippen LogP contribution in [-0.4, -0.2) is 11.7 Å². The smallest absolute Gasteiger partial charge is 0.224 e. The number of rotatable bonds is 3. The number of carbonyl (C=O) groups is 2. The Morgan fingerprint density at radius 1 is 1.25 bits per heavy atom. The molecule has 0 aromatic heterocycles. The topological polar surface area (TPSA) is 60.2 Å². The van der Waals surface area contributed by atoms with Crippen LogP contribution in [0.5, 0.6) is 0 Å². The number of hydrogen-bond donors (Lipinski definition) is 1. The van der Waals surface area contributed by atoms with Crippen LogP contribution in [0.15, 0.2) is 30.3 Å². The fourth-order valence-corrected chi connectivity index (χ4v) is 0.906. The molecule has 1 amide bonds. The number of amides is 1. The molecule has 0 aliphatic carbocycles. The van der Waals surface area contributed by atoms with E-state index in [1.807, 2.05) is 37.3 Å². The van der Waals surface area contributed by atoms with Crippen molar-refractivity contribution >= 4 is 11.7 Å². The van der Waals surface area contributed by atoms with Crippen molar-refractivity contribution in [2.75, 3.05) is 0 Å². The number of hydrogen-bond acceptors (Lipinski definition) is 2. The molecule has 0 aliphatic heterocycles. The quantitative estimate of drug-likeness (QED) is 0.851. The highest BCUT2D eigenvalue weighted by Crippen LogP contribution is 2.12. The molecule has 0 spiro atoms. The van der Waals surface area contributed by atoms with E-state index in [1.54, 1.807) is 13.8 Å². The van der Waals surface area contributed by atoms with Gasteiger partial charge in [-0.2, -0.15) is 0 Å². The summed E-state index contributed by atoms with van der Waals surface area (Å²) in [4.78, 5) is 20.5. The van der Waals surface area contributed by atoms with Crippen molar-refractivity contribution in [2.45, 2.75) is 33.1 Å². The highest BCUT2D eigenvalue weighted by Gasteiger charge is 2.09. The second kappa shape index (κ2) is 7.63. The van der Waals surface area contributed by atoms with E-state index in [1.165, 1.54) is 0 Å². The van der Waals surface area contributed by atoms with E-state index in [2.05, 4.69) is 0 Å². The third-order valence-corrected chi connectivity index (χ3v) is 2.22. The van der Waals surface area contributed by atoms with Crippen molar-refractivity contribution in [2.24, 2.45) is 5.73 Å². The minimum atomic E-state index is -0.281. The first-order chi connectivity index (χ1) is 7.49. The molecule has 3 nitrogen and oxygen atoms in total. The number of carbonyl (C=O) groups excluding carboxylic acids is 2. The van der Waals surface area contributed by atoms with Gasteiger partial charge in [-0.1, -0.05) is 37.3 Å². The monoisotopic (exact) mass is 221 g/mol.